The third kappa shape index (κ3) is 3.12. The van der Waals surface area contributed by atoms with Crippen molar-refractivity contribution in [1.29, 1.82) is 0 Å². The Balaban J connectivity index is 1.53. The maximum absolute atomic E-state index is 12.5. The summed E-state index contributed by atoms with van der Waals surface area (Å²) in [4.78, 5) is 18.4. The van der Waals surface area contributed by atoms with Crippen LogP contribution in [0.1, 0.15) is 36.4 Å². The van der Waals surface area contributed by atoms with Crippen molar-refractivity contribution in [3.05, 3.63) is 30.2 Å². The van der Waals surface area contributed by atoms with E-state index in [0.717, 1.165) is 25.7 Å². The Bertz CT molecular complexity index is 895. The fraction of sp³-hybridized carbons (Fsp3) is 0.471. The molecule has 2 aliphatic rings. The van der Waals surface area contributed by atoms with Crippen molar-refractivity contribution in [2.45, 2.75) is 30.6 Å². The van der Waals surface area contributed by atoms with Gasteiger partial charge >= 0.3 is 11.8 Å². The molecule has 0 spiro atoms. The van der Waals surface area contributed by atoms with Gasteiger partial charge in [-0.1, -0.05) is 5.16 Å². The van der Waals surface area contributed by atoms with Gasteiger partial charge in [-0.2, -0.15) is 9.29 Å². The fourth-order valence-electron chi connectivity index (χ4n) is 3.34. The summed E-state index contributed by atoms with van der Waals surface area (Å²) in [6.45, 7) is 2.55. The van der Waals surface area contributed by atoms with E-state index in [2.05, 4.69) is 10.1 Å². The molecule has 0 aliphatic carbocycles. The van der Waals surface area contributed by atoms with Crippen LogP contribution >= 0.6 is 0 Å². The van der Waals surface area contributed by atoms with Crippen molar-refractivity contribution in [2.24, 2.45) is 0 Å². The first-order valence-electron chi connectivity index (χ1n) is 8.79. The van der Waals surface area contributed by atoms with E-state index in [4.69, 9.17) is 4.52 Å². The van der Waals surface area contributed by atoms with Gasteiger partial charge in [-0.05, 0) is 49.9 Å². The quantitative estimate of drug-likeness (QED) is 0.807. The van der Waals surface area contributed by atoms with Crippen LogP contribution in [-0.4, -0.2) is 59.8 Å². The van der Waals surface area contributed by atoms with E-state index < -0.39 is 10.0 Å². The van der Waals surface area contributed by atoms with Crippen LogP contribution in [0.3, 0.4) is 0 Å². The Morgan fingerprint density at radius 3 is 2.23 bits per heavy atom. The smallest absolute Gasteiger partial charge is 0.316 e. The number of carbonyl (C=O) groups is 1. The van der Waals surface area contributed by atoms with Gasteiger partial charge in [0.05, 0.1) is 4.90 Å². The molecule has 4 rings (SSSR count). The molecule has 0 atom stereocenters. The average Bonchev–Trinajstić information content (AvgIpc) is 3.44. The predicted octanol–water partition coefficient (Wildman–Crippen LogP) is 1.76. The van der Waals surface area contributed by atoms with Crippen molar-refractivity contribution in [3.8, 4) is 11.4 Å². The molecule has 26 heavy (non-hydrogen) atoms. The number of carbonyl (C=O) groups excluding carboxylic acids is 1. The third-order valence-corrected chi connectivity index (χ3v) is 6.73. The number of likely N-dealkylation sites (tertiary alicyclic amines) is 1. The van der Waals surface area contributed by atoms with Gasteiger partial charge in [0.2, 0.25) is 15.8 Å². The molecule has 1 amide bonds. The van der Waals surface area contributed by atoms with Crippen LogP contribution < -0.4 is 0 Å². The van der Waals surface area contributed by atoms with Crippen LogP contribution in [0.5, 0.6) is 0 Å². The van der Waals surface area contributed by atoms with Gasteiger partial charge in [0.25, 0.3) is 0 Å². The van der Waals surface area contributed by atoms with Gasteiger partial charge < -0.3 is 9.42 Å². The maximum atomic E-state index is 12.5. The van der Waals surface area contributed by atoms with Crippen LogP contribution in [-0.2, 0) is 10.0 Å². The first-order chi connectivity index (χ1) is 12.6. The first-order valence-corrected chi connectivity index (χ1v) is 10.2. The van der Waals surface area contributed by atoms with E-state index in [9.17, 15) is 13.2 Å². The number of benzene rings is 1. The lowest BCUT2D eigenvalue weighted by Crippen LogP contribution is -2.27. The summed E-state index contributed by atoms with van der Waals surface area (Å²) in [7, 11) is -3.45. The van der Waals surface area contributed by atoms with Crippen LogP contribution in [0.2, 0.25) is 0 Å². The molecule has 2 aliphatic heterocycles. The van der Waals surface area contributed by atoms with Crippen molar-refractivity contribution >= 4 is 15.9 Å². The second-order valence-corrected chi connectivity index (χ2v) is 8.50. The Morgan fingerprint density at radius 1 is 0.962 bits per heavy atom. The molecule has 3 heterocycles. The Kier molecular flexibility index (Phi) is 4.49. The fourth-order valence-corrected chi connectivity index (χ4v) is 4.85. The predicted molar refractivity (Wildman–Crippen MR) is 92.9 cm³/mol. The summed E-state index contributed by atoms with van der Waals surface area (Å²) in [5.74, 6) is -0.0113. The summed E-state index contributed by atoms with van der Waals surface area (Å²) in [5, 5.41) is 3.85. The number of hydrogen-bond acceptors (Lipinski definition) is 6. The molecule has 8 nitrogen and oxygen atoms in total. The molecule has 9 heteroatoms. The van der Waals surface area contributed by atoms with E-state index in [1.54, 1.807) is 29.2 Å². The number of nitrogens with zero attached hydrogens (tertiary/aromatic N) is 4. The minimum Gasteiger partial charge on any atom is -0.334 e. The summed E-state index contributed by atoms with van der Waals surface area (Å²) >= 11 is 0. The summed E-state index contributed by atoms with van der Waals surface area (Å²) in [6.07, 6.45) is 3.77. The molecule has 0 saturated carbocycles. The summed E-state index contributed by atoms with van der Waals surface area (Å²) in [5.41, 5.74) is 0.606. The van der Waals surface area contributed by atoms with Crippen molar-refractivity contribution in [3.63, 3.8) is 0 Å². The Hall–Kier alpha value is -2.26. The Morgan fingerprint density at radius 2 is 1.58 bits per heavy atom. The lowest BCUT2D eigenvalue weighted by atomic mass is 10.2. The Labute approximate surface area is 151 Å². The zero-order valence-electron chi connectivity index (χ0n) is 14.3. The zero-order chi connectivity index (χ0) is 18.1. The molecule has 2 fully saturated rings. The topological polar surface area (TPSA) is 96.6 Å². The molecule has 2 saturated heterocycles. The third-order valence-electron chi connectivity index (χ3n) is 4.82. The van der Waals surface area contributed by atoms with Crippen LogP contribution in [0.4, 0.5) is 0 Å². The molecule has 138 valence electrons. The highest BCUT2D eigenvalue weighted by atomic mass is 32.2. The van der Waals surface area contributed by atoms with Gasteiger partial charge in [0.15, 0.2) is 0 Å². The number of rotatable bonds is 4. The lowest BCUT2D eigenvalue weighted by Gasteiger charge is -2.15. The molecule has 1 aromatic carbocycles. The zero-order valence-corrected chi connectivity index (χ0v) is 15.1. The number of amides is 1. The molecule has 0 N–H and O–H groups in total. The van der Waals surface area contributed by atoms with E-state index in [1.165, 1.54) is 4.31 Å². The van der Waals surface area contributed by atoms with E-state index in [0.29, 0.717) is 31.7 Å². The van der Waals surface area contributed by atoms with Crippen molar-refractivity contribution in [2.75, 3.05) is 26.2 Å². The second kappa shape index (κ2) is 6.81. The molecule has 2 aromatic rings. The SMILES string of the molecule is O=C(c1nc(-c2ccc(S(=O)(=O)N3CCCC3)cc2)no1)N1CCCC1. The average molecular weight is 376 g/mol. The largest absolute Gasteiger partial charge is 0.334 e. The minimum atomic E-state index is -3.45. The van der Waals surface area contributed by atoms with Gasteiger partial charge in [-0.15, -0.1) is 0 Å². The molecule has 0 bridgehead atoms. The highest BCUT2D eigenvalue weighted by molar-refractivity contribution is 7.89. The summed E-state index contributed by atoms with van der Waals surface area (Å²) in [6, 6.07) is 6.36. The van der Waals surface area contributed by atoms with Crippen molar-refractivity contribution < 1.29 is 17.7 Å². The monoisotopic (exact) mass is 376 g/mol. The normalized spacial score (nSPS) is 18.5. The maximum Gasteiger partial charge on any atom is 0.316 e. The van der Waals surface area contributed by atoms with Crippen LogP contribution in [0.15, 0.2) is 33.7 Å². The first kappa shape index (κ1) is 17.2. The molecule has 0 unspecified atom stereocenters. The highest BCUT2D eigenvalue weighted by Crippen LogP contribution is 2.24. The van der Waals surface area contributed by atoms with Crippen molar-refractivity contribution in [1.82, 2.24) is 19.3 Å². The van der Waals surface area contributed by atoms with E-state index in [1.807, 2.05) is 0 Å². The number of sulfonamides is 1. The molecular weight excluding hydrogens is 356 g/mol. The highest BCUT2D eigenvalue weighted by Gasteiger charge is 2.28. The van der Waals surface area contributed by atoms with Gasteiger partial charge in [0.1, 0.15) is 0 Å². The standard InChI is InChI=1S/C17H20N4O4S/c22-17(20-9-1-2-10-20)16-18-15(19-25-16)13-5-7-14(8-6-13)26(23,24)21-11-3-4-12-21/h5-8H,1-4,9-12H2. The summed E-state index contributed by atoms with van der Waals surface area (Å²) < 4.78 is 31.7. The van der Waals surface area contributed by atoms with Gasteiger partial charge in [-0.3, -0.25) is 4.79 Å². The number of aromatic nitrogens is 2. The number of hydrogen-bond donors (Lipinski definition) is 0. The molecular formula is C17H20N4O4S. The molecule has 1 aromatic heterocycles. The lowest BCUT2D eigenvalue weighted by molar-refractivity contribution is 0.0743. The second-order valence-electron chi connectivity index (χ2n) is 6.56. The van der Waals surface area contributed by atoms with Gasteiger partial charge in [0, 0.05) is 31.7 Å². The van der Waals surface area contributed by atoms with Gasteiger partial charge in [-0.25, -0.2) is 8.42 Å². The van der Waals surface area contributed by atoms with Crippen LogP contribution in [0.25, 0.3) is 11.4 Å². The van der Waals surface area contributed by atoms with Crippen LogP contribution in [0, 0.1) is 0 Å². The molecule has 0 radical (unpaired) electrons. The minimum absolute atomic E-state index is 0.0318. The van der Waals surface area contributed by atoms with E-state index >= 15 is 0 Å². The van der Waals surface area contributed by atoms with E-state index in [-0.39, 0.29) is 22.5 Å².